The summed E-state index contributed by atoms with van der Waals surface area (Å²) < 4.78 is 5.13. The molecule has 1 aromatic heterocycles. The van der Waals surface area contributed by atoms with E-state index in [-0.39, 0.29) is 11.9 Å². The number of anilines is 3. The maximum atomic E-state index is 12.8. The molecule has 2 aliphatic rings. The number of amides is 3. The van der Waals surface area contributed by atoms with Crippen molar-refractivity contribution in [1.29, 1.82) is 0 Å². The molecule has 3 amide bonds. The highest BCUT2D eigenvalue weighted by Gasteiger charge is 2.22. The summed E-state index contributed by atoms with van der Waals surface area (Å²) in [5.41, 5.74) is 5.76. The van der Waals surface area contributed by atoms with Gasteiger partial charge in [0.05, 0.1) is 0 Å². The number of benzene rings is 1. The molecule has 274 valence electrons. The zero-order chi connectivity index (χ0) is 37.6. The molecule has 0 bridgehead atoms. The number of ether oxygens (including phenoxy) is 1. The lowest BCUT2D eigenvalue weighted by Crippen LogP contribution is -2.47. The summed E-state index contributed by atoms with van der Waals surface area (Å²) in [6, 6.07) is 13.8. The minimum Gasteiger partial charge on any atom is -0.381 e. The van der Waals surface area contributed by atoms with Crippen molar-refractivity contribution in [2.75, 3.05) is 41.8 Å². The number of nitrogens with one attached hydrogen (secondary N) is 4. The van der Waals surface area contributed by atoms with Gasteiger partial charge >= 0.3 is 6.03 Å². The fourth-order valence-corrected chi connectivity index (χ4v) is 5.16. The third-order valence-corrected chi connectivity index (χ3v) is 7.86. The van der Waals surface area contributed by atoms with E-state index in [0.29, 0.717) is 24.0 Å². The van der Waals surface area contributed by atoms with E-state index in [4.69, 9.17) is 4.74 Å². The average Bonchev–Trinajstić information content (AvgIpc) is 3.56. The Morgan fingerprint density at radius 1 is 1.06 bits per heavy atom. The van der Waals surface area contributed by atoms with Gasteiger partial charge in [-0.15, -0.1) is 0 Å². The second-order valence-electron chi connectivity index (χ2n) is 12.1. The third-order valence-electron chi connectivity index (χ3n) is 7.86. The number of aromatic nitrogens is 1. The summed E-state index contributed by atoms with van der Waals surface area (Å²) in [5.74, 6) is 9.28. The maximum absolute atomic E-state index is 12.8. The number of nitrogens with zero attached hydrogens (tertiary/aromatic N) is 3. The van der Waals surface area contributed by atoms with Crippen LogP contribution in [0.1, 0.15) is 93.6 Å². The lowest BCUT2D eigenvalue weighted by molar-refractivity contribution is -0.116. The van der Waals surface area contributed by atoms with Crippen LogP contribution in [0.3, 0.4) is 0 Å². The van der Waals surface area contributed by atoms with Crippen molar-refractivity contribution in [3.63, 3.8) is 0 Å². The number of hydrogen-bond donors (Lipinski definition) is 4. The molecule has 1 fully saturated rings. The number of amidine groups is 1. The number of rotatable bonds is 10. The lowest BCUT2D eigenvalue weighted by atomic mass is 9.98. The molecule has 51 heavy (non-hydrogen) atoms. The van der Waals surface area contributed by atoms with Crippen LogP contribution in [0, 0.1) is 29.7 Å². The van der Waals surface area contributed by atoms with E-state index in [0.717, 1.165) is 73.8 Å². The third kappa shape index (κ3) is 14.4. The molecule has 0 spiro atoms. The Balaban J connectivity index is 0.000000894. The number of aliphatic imine (C=N–C) groups is 1. The zero-order valence-electron chi connectivity index (χ0n) is 32.0. The fourth-order valence-electron chi connectivity index (χ4n) is 5.16. The Morgan fingerprint density at radius 2 is 1.76 bits per heavy atom. The molecule has 0 radical (unpaired) electrons. The molecule has 1 atom stereocenters. The van der Waals surface area contributed by atoms with Gasteiger partial charge in [-0.05, 0) is 88.1 Å². The van der Waals surface area contributed by atoms with Gasteiger partial charge in [0, 0.05) is 73.3 Å². The van der Waals surface area contributed by atoms with Gasteiger partial charge in [0.15, 0.2) is 0 Å². The Morgan fingerprint density at radius 3 is 2.39 bits per heavy atom. The van der Waals surface area contributed by atoms with Gasteiger partial charge in [0.25, 0.3) is 5.91 Å². The number of hydrogen-bond acceptors (Lipinski definition) is 6. The van der Waals surface area contributed by atoms with Crippen molar-refractivity contribution >= 4 is 40.7 Å². The SMILES string of the molecule is CC.CC#CN=C1NC(c2ccc(NC(=O)Nc3cc(N4CCCC(NC(=O)C#CC)C4)ccn3)cc2)=C/C1=C(/C)C(C)C.CCCOCCC. The Bertz CT molecular complexity index is 1630. The Kier molecular flexibility index (Phi) is 19.3. The molecule has 1 unspecified atom stereocenters. The molecule has 4 rings (SSSR count). The van der Waals surface area contributed by atoms with Crippen LogP contribution in [0.2, 0.25) is 0 Å². The summed E-state index contributed by atoms with van der Waals surface area (Å²) in [7, 11) is 0. The normalized spacial score (nSPS) is 16.4. The van der Waals surface area contributed by atoms with Gasteiger partial charge in [-0.2, -0.15) is 4.99 Å². The predicted molar refractivity (Wildman–Crippen MR) is 212 cm³/mol. The molecule has 10 heteroatoms. The van der Waals surface area contributed by atoms with Gasteiger partial charge in [0.2, 0.25) is 0 Å². The minimum atomic E-state index is -0.391. The van der Waals surface area contributed by atoms with Crippen LogP contribution >= 0.6 is 0 Å². The van der Waals surface area contributed by atoms with Crippen LogP contribution in [0.5, 0.6) is 0 Å². The van der Waals surface area contributed by atoms with Gasteiger partial charge in [-0.3, -0.25) is 10.1 Å². The predicted octanol–water partition coefficient (Wildman–Crippen LogP) is 7.98. The molecule has 0 aliphatic carbocycles. The lowest BCUT2D eigenvalue weighted by Gasteiger charge is -2.34. The zero-order valence-corrected chi connectivity index (χ0v) is 32.0. The molecular weight excluding hydrogens is 638 g/mol. The molecule has 1 aromatic carbocycles. The highest BCUT2D eigenvalue weighted by molar-refractivity contribution is 6.12. The van der Waals surface area contributed by atoms with E-state index in [1.165, 1.54) is 5.57 Å². The minimum absolute atomic E-state index is 0.0175. The first-order valence-electron chi connectivity index (χ1n) is 18.1. The topological polar surface area (TPSA) is 120 Å². The molecule has 3 heterocycles. The first kappa shape index (κ1) is 42.1. The van der Waals surface area contributed by atoms with Crippen molar-refractivity contribution in [3.8, 4) is 23.8 Å². The van der Waals surface area contributed by atoms with Crippen molar-refractivity contribution in [2.45, 2.75) is 94.0 Å². The van der Waals surface area contributed by atoms with Crippen LogP contribution in [-0.4, -0.2) is 55.1 Å². The van der Waals surface area contributed by atoms with Crippen LogP contribution in [-0.2, 0) is 9.53 Å². The summed E-state index contributed by atoms with van der Waals surface area (Å²) >= 11 is 0. The van der Waals surface area contributed by atoms with Gasteiger partial charge in [-0.1, -0.05) is 71.1 Å². The largest absolute Gasteiger partial charge is 0.381 e. The van der Waals surface area contributed by atoms with Gasteiger partial charge in [-0.25, -0.2) is 9.78 Å². The van der Waals surface area contributed by atoms with Crippen LogP contribution < -0.4 is 26.2 Å². The summed E-state index contributed by atoms with van der Waals surface area (Å²) in [4.78, 5) is 35.5. The first-order valence-corrected chi connectivity index (χ1v) is 18.1. The second-order valence-corrected chi connectivity index (χ2v) is 12.1. The fraction of sp³-hybridized carbons (Fsp3) is 0.463. The van der Waals surface area contributed by atoms with Crippen LogP contribution in [0.15, 0.2) is 64.8 Å². The smallest absolute Gasteiger partial charge is 0.324 e. The number of piperidine rings is 1. The first-order chi connectivity index (χ1) is 24.7. The van der Waals surface area contributed by atoms with E-state index in [1.54, 1.807) is 20.0 Å². The van der Waals surface area contributed by atoms with E-state index < -0.39 is 6.03 Å². The quantitative estimate of drug-likeness (QED) is 0.148. The molecule has 4 N–H and O–H groups in total. The second kappa shape index (κ2) is 23.4. The number of allylic oxidation sites excluding steroid dienone is 1. The molecule has 2 aliphatic heterocycles. The number of carbonyl (C=O) groups excluding carboxylic acids is 2. The number of carbonyl (C=O) groups is 2. The maximum Gasteiger partial charge on any atom is 0.324 e. The van der Waals surface area contributed by atoms with Crippen LogP contribution in [0.4, 0.5) is 22.0 Å². The summed E-state index contributed by atoms with van der Waals surface area (Å²) in [5, 5.41) is 12.0. The van der Waals surface area contributed by atoms with Crippen molar-refractivity contribution in [3.05, 3.63) is 65.4 Å². The monoisotopic (exact) mass is 695 g/mol. The van der Waals surface area contributed by atoms with Gasteiger partial charge in [0.1, 0.15) is 11.7 Å². The van der Waals surface area contributed by atoms with Crippen molar-refractivity contribution in [2.24, 2.45) is 10.9 Å². The highest BCUT2D eigenvalue weighted by Crippen LogP contribution is 2.27. The standard InChI is InChI=1S/C33H37N7O2.C6H14O.C2H6/c1-6-9-31(41)36-26-10-8-18-40(21-26)27-15-17-34-30(19-27)39-33(42)37-25-13-11-24(12-14-25)29-20-28(23(5)22(3)4)32(38-29)35-16-7-2;1-3-5-7-6-4-2;1-2/h11-15,17,19-20,22,26H,8,10,18,21H2,1-5H3,(H,35,38)(H,36,41)(H2,34,37,39,42);3-6H2,1-2H3;1-2H3/b28-23+;;. The molecule has 1 saturated heterocycles. The number of pyridine rings is 1. The summed E-state index contributed by atoms with van der Waals surface area (Å²) in [6.45, 7) is 21.4. The van der Waals surface area contributed by atoms with Crippen LogP contribution in [0.25, 0.3) is 5.70 Å². The highest BCUT2D eigenvalue weighted by atomic mass is 16.5. The average molecular weight is 696 g/mol. The molecular formula is C41H57N7O3. The number of urea groups is 1. The Labute approximate surface area is 306 Å². The Hall–Kier alpha value is -5.06. The van der Waals surface area contributed by atoms with E-state index in [2.05, 4.69) is 101 Å². The van der Waals surface area contributed by atoms with Crippen molar-refractivity contribution in [1.82, 2.24) is 15.6 Å². The molecule has 10 nitrogen and oxygen atoms in total. The molecule has 2 aromatic rings. The molecule has 0 saturated carbocycles. The van der Waals surface area contributed by atoms with E-state index >= 15 is 0 Å². The summed E-state index contributed by atoms with van der Waals surface area (Å²) in [6.07, 6.45) is 7.88. The van der Waals surface area contributed by atoms with E-state index in [1.807, 2.05) is 50.2 Å². The van der Waals surface area contributed by atoms with E-state index in [9.17, 15) is 9.59 Å². The van der Waals surface area contributed by atoms with Crippen molar-refractivity contribution < 1.29 is 14.3 Å². The van der Waals surface area contributed by atoms with Gasteiger partial charge < -0.3 is 25.6 Å².